The van der Waals surface area contributed by atoms with Crippen LogP contribution in [0.2, 0.25) is 0 Å². The van der Waals surface area contributed by atoms with Gasteiger partial charge in [-0.05, 0) is 29.5 Å². The summed E-state index contributed by atoms with van der Waals surface area (Å²) < 4.78 is 0. The van der Waals surface area contributed by atoms with E-state index >= 15 is 0 Å². The zero-order valence-corrected chi connectivity index (χ0v) is 13.5. The van der Waals surface area contributed by atoms with Gasteiger partial charge in [0.2, 0.25) is 0 Å². The van der Waals surface area contributed by atoms with Crippen LogP contribution in [0.5, 0.6) is 0 Å². The lowest BCUT2D eigenvalue weighted by atomic mass is 9.90. The van der Waals surface area contributed by atoms with Crippen molar-refractivity contribution in [2.24, 2.45) is 5.92 Å². The normalized spacial score (nSPS) is 24.5. The molecule has 1 saturated heterocycles. The van der Waals surface area contributed by atoms with E-state index in [1.807, 2.05) is 0 Å². The maximum atomic E-state index is 3.72. The fourth-order valence-corrected chi connectivity index (χ4v) is 3.53. The second-order valence-corrected chi connectivity index (χ2v) is 6.79. The fourth-order valence-electron chi connectivity index (χ4n) is 3.53. The molecule has 0 radical (unpaired) electrons. The van der Waals surface area contributed by atoms with Gasteiger partial charge in [0.05, 0.1) is 6.04 Å². The molecule has 3 N–H and O–H groups in total. The Balaban J connectivity index is 1.44. The first-order chi connectivity index (χ1) is 11.4. The summed E-state index contributed by atoms with van der Waals surface area (Å²) in [4.78, 5) is 0. The van der Waals surface area contributed by atoms with Gasteiger partial charge in [-0.1, -0.05) is 61.0 Å². The molecule has 2 fully saturated rings. The van der Waals surface area contributed by atoms with Crippen molar-refractivity contribution in [1.29, 1.82) is 0 Å². The Hall–Kier alpha value is -1.68. The highest BCUT2D eigenvalue weighted by molar-refractivity contribution is 5.63. The minimum Gasteiger partial charge on any atom is -0.314 e. The minimum absolute atomic E-state index is 0.396. The van der Waals surface area contributed by atoms with Crippen LogP contribution in [0.4, 0.5) is 0 Å². The molecule has 1 aliphatic carbocycles. The molecule has 1 saturated carbocycles. The van der Waals surface area contributed by atoms with Gasteiger partial charge in [-0.3, -0.25) is 5.43 Å². The van der Waals surface area contributed by atoms with Crippen LogP contribution in [0.15, 0.2) is 54.6 Å². The summed E-state index contributed by atoms with van der Waals surface area (Å²) in [5.41, 5.74) is 10.7. The lowest BCUT2D eigenvalue weighted by Gasteiger charge is -2.29. The lowest BCUT2D eigenvalue weighted by Crippen LogP contribution is -2.39. The van der Waals surface area contributed by atoms with Crippen molar-refractivity contribution < 1.29 is 0 Å². The zero-order chi connectivity index (χ0) is 15.5. The highest BCUT2D eigenvalue weighted by atomic mass is 15.4. The predicted octanol–water partition coefficient (Wildman–Crippen LogP) is 3.26. The maximum Gasteiger partial charge on any atom is 0.0515 e. The number of hydrazine groups is 1. The van der Waals surface area contributed by atoms with Crippen LogP contribution in [-0.4, -0.2) is 19.1 Å². The van der Waals surface area contributed by atoms with Crippen molar-refractivity contribution in [2.45, 2.75) is 31.3 Å². The molecule has 23 heavy (non-hydrogen) atoms. The fraction of sp³-hybridized carbons (Fsp3) is 0.400. The molecule has 4 rings (SSSR count). The van der Waals surface area contributed by atoms with Crippen molar-refractivity contribution in [3.8, 4) is 11.1 Å². The highest BCUT2D eigenvalue weighted by Crippen LogP contribution is 2.28. The number of benzene rings is 2. The third-order valence-corrected chi connectivity index (χ3v) is 5.24. The van der Waals surface area contributed by atoms with Gasteiger partial charge < -0.3 is 5.32 Å². The molecule has 2 aromatic carbocycles. The minimum atomic E-state index is 0.396. The van der Waals surface area contributed by atoms with E-state index in [-0.39, 0.29) is 0 Å². The largest absolute Gasteiger partial charge is 0.314 e. The molecule has 120 valence electrons. The summed E-state index contributed by atoms with van der Waals surface area (Å²) >= 11 is 0. The van der Waals surface area contributed by atoms with Crippen LogP contribution in [0.1, 0.15) is 30.9 Å². The lowest BCUT2D eigenvalue weighted by molar-refractivity contribution is 0.311. The maximum absolute atomic E-state index is 3.72. The molecule has 3 heteroatoms. The molecule has 3 nitrogen and oxygen atoms in total. The van der Waals surface area contributed by atoms with E-state index in [9.17, 15) is 0 Å². The summed E-state index contributed by atoms with van der Waals surface area (Å²) in [6.45, 7) is 2.13. The van der Waals surface area contributed by atoms with Crippen molar-refractivity contribution >= 4 is 0 Å². The molecule has 1 aliphatic heterocycles. The summed E-state index contributed by atoms with van der Waals surface area (Å²) in [6, 6.07) is 20.7. The van der Waals surface area contributed by atoms with Gasteiger partial charge in [0.1, 0.15) is 0 Å². The number of hydrogen-bond acceptors (Lipinski definition) is 3. The third kappa shape index (κ3) is 3.32. The SMILES string of the molecule is c1ccc(-c2ccc(C3NNCC3CNC3CCC3)cc2)cc1. The van der Waals surface area contributed by atoms with Gasteiger partial charge in [-0.2, -0.15) is 0 Å². The molecule has 2 unspecified atom stereocenters. The van der Waals surface area contributed by atoms with Crippen LogP contribution in [-0.2, 0) is 0 Å². The van der Waals surface area contributed by atoms with Crippen LogP contribution >= 0.6 is 0 Å². The van der Waals surface area contributed by atoms with Crippen molar-refractivity contribution in [3.05, 3.63) is 60.2 Å². The van der Waals surface area contributed by atoms with Crippen molar-refractivity contribution in [2.75, 3.05) is 13.1 Å². The number of rotatable bonds is 5. The average Bonchev–Trinajstić information content (AvgIpc) is 3.03. The molecule has 1 heterocycles. The first-order valence-corrected chi connectivity index (χ1v) is 8.77. The van der Waals surface area contributed by atoms with Crippen LogP contribution in [0, 0.1) is 5.92 Å². The summed E-state index contributed by atoms with van der Waals surface area (Å²) in [6.07, 6.45) is 4.09. The Morgan fingerprint density at radius 2 is 1.65 bits per heavy atom. The van der Waals surface area contributed by atoms with Crippen LogP contribution in [0.25, 0.3) is 11.1 Å². The second-order valence-electron chi connectivity index (χ2n) is 6.79. The quantitative estimate of drug-likeness (QED) is 0.793. The molecule has 0 aromatic heterocycles. The predicted molar refractivity (Wildman–Crippen MR) is 94.9 cm³/mol. The molecule has 2 aromatic rings. The van der Waals surface area contributed by atoms with E-state index in [2.05, 4.69) is 70.8 Å². The van der Waals surface area contributed by atoms with Gasteiger partial charge in [0.15, 0.2) is 0 Å². The Bertz CT molecular complexity index is 619. The Labute approximate surface area is 138 Å². The molecule has 0 amide bonds. The molecule has 0 spiro atoms. The third-order valence-electron chi connectivity index (χ3n) is 5.24. The first-order valence-electron chi connectivity index (χ1n) is 8.77. The standard InChI is InChI=1S/C20H25N3/c1-2-5-15(6-3-1)16-9-11-17(12-10-16)20-18(14-22-23-20)13-21-19-7-4-8-19/h1-3,5-6,9-12,18-23H,4,7-8,13-14H2. The van der Waals surface area contributed by atoms with Gasteiger partial charge in [0.25, 0.3) is 0 Å². The highest BCUT2D eigenvalue weighted by Gasteiger charge is 2.29. The summed E-state index contributed by atoms with van der Waals surface area (Å²) in [7, 11) is 0. The van der Waals surface area contributed by atoms with E-state index < -0.39 is 0 Å². The molecular weight excluding hydrogens is 282 g/mol. The van der Waals surface area contributed by atoms with E-state index in [0.29, 0.717) is 12.0 Å². The van der Waals surface area contributed by atoms with Gasteiger partial charge in [0, 0.05) is 25.0 Å². The topological polar surface area (TPSA) is 36.1 Å². The monoisotopic (exact) mass is 307 g/mol. The molecule has 2 aliphatic rings. The van der Waals surface area contributed by atoms with E-state index in [4.69, 9.17) is 0 Å². The molecular formula is C20H25N3. The Kier molecular flexibility index (Phi) is 4.42. The second kappa shape index (κ2) is 6.83. The van der Waals surface area contributed by atoms with Crippen LogP contribution < -0.4 is 16.2 Å². The average molecular weight is 307 g/mol. The molecule has 0 bridgehead atoms. The van der Waals surface area contributed by atoms with Gasteiger partial charge >= 0.3 is 0 Å². The first kappa shape index (κ1) is 14.9. The van der Waals surface area contributed by atoms with Crippen molar-refractivity contribution in [3.63, 3.8) is 0 Å². The zero-order valence-electron chi connectivity index (χ0n) is 13.5. The van der Waals surface area contributed by atoms with Crippen molar-refractivity contribution in [1.82, 2.24) is 16.2 Å². The summed E-state index contributed by atoms with van der Waals surface area (Å²) in [5.74, 6) is 0.609. The smallest absolute Gasteiger partial charge is 0.0515 e. The van der Waals surface area contributed by atoms with E-state index in [1.165, 1.54) is 36.0 Å². The number of nitrogens with one attached hydrogen (secondary N) is 3. The Morgan fingerprint density at radius 3 is 2.35 bits per heavy atom. The van der Waals surface area contributed by atoms with Crippen LogP contribution in [0.3, 0.4) is 0 Å². The Morgan fingerprint density at radius 1 is 0.913 bits per heavy atom. The number of hydrogen-bond donors (Lipinski definition) is 3. The van der Waals surface area contributed by atoms with Gasteiger partial charge in [-0.15, -0.1) is 0 Å². The molecule has 2 atom stereocenters. The van der Waals surface area contributed by atoms with E-state index in [0.717, 1.165) is 19.1 Å². The van der Waals surface area contributed by atoms with Gasteiger partial charge in [-0.25, -0.2) is 5.43 Å². The van der Waals surface area contributed by atoms with E-state index in [1.54, 1.807) is 0 Å². The summed E-state index contributed by atoms with van der Waals surface area (Å²) in [5, 5.41) is 3.72.